The predicted octanol–water partition coefficient (Wildman–Crippen LogP) is 2.11. The Hall–Kier alpha value is -1.81. The molecule has 4 heteroatoms. The van der Waals surface area contributed by atoms with Crippen LogP contribution in [0, 0.1) is 0 Å². The summed E-state index contributed by atoms with van der Waals surface area (Å²) >= 11 is 0. The normalized spacial score (nSPS) is 10.8. The lowest BCUT2D eigenvalue weighted by Gasteiger charge is -2.05. The lowest BCUT2D eigenvalue weighted by molar-refractivity contribution is 0.0603. The van der Waals surface area contributed by atoms with Gasteiger partial charge in [0.15, 0.2) is 0 Å². The highest BCUT2D eigenvalue weighted by Gasteiger charge is 2.14. The van der Waals surface area contributed by atoms with Gasteiger partial charge in [-0.1, -0.05) is 13.0 Å². The third kappa shape index (κ3) is 2.38. The van der Waals surface area contributed by atoms with Gasteiger partial charge in [0.1, 0.15) is 0 Å². The zero-order chi connectivity index (χ0) is 13.0. The summed E-state index contributed by atoms with van der Waals surface area (Å²) in [6, 6.07) is 5.64. The number of H-pyrrole nitrogens is 1. The highest BCUT2D eigenvalue weighted by molar-refractivity contribution is 6.05. The Morgan fingerprint density at radius 3 is 3.00 bits per heavy atom. The van der Waals surface area contributed by atoms with Gasteiger partial charge in [-0.15, -0.1) is 0 Å². The van der Waals surface area contributed by atoms with E-state index in [1.165, 1.54) is 7.11 Å². The highest BCUT2D eigenvalue weighted by atomic mass is 16.5. The molecule has 0 spiro atoms. The third-order valence-corrected chi connectivity index (χ3v) is 3.01. The van der Waals surface area contributed by atoms with Gasteiger partial charge in [0.25, 0.3) is 0 Å². The maximum atomic E-state index is 11.8. The molecule has 0 aliphatic rings. The maximum absolute atomic E-state index is 11.8. The minimum atomic E-state index is -0.287. The fourth-order valence-corrected chi connectivity index (χ4v) is 2.13. The Morgan fingerprint density at radius 1 is 1.44 bits per heavy atom. The van der Waals surface area contributed by atoms with Crippen LogP contribution in [0.25, 0.3) is 10.9 Å². The number of carbonyl (C=O) groups is 1. The van der Waals surface area contributed by atoms with Crippen molar-refractivity contribution in [3.63, 3.8) is 0 Å². The second-order valence-corrected chi connectivity index (χ2v) is 4.14. The molecule has 0 aliphatic heterocycles. The second-order valence-electron chi connectivity index (χ2n) is 4.14. The largest absolute Gasteiger partial charge is 0.465 e. The number of likely N-dealkylation sites (N-methyl/N-ethyl adjacent to an activating group) is 1. The van der Waals surface area contributed by atoms with Gasteiger partial charge >= 0.3 is 5.97 Å². The average Bonchev–Trinajstić information content (AvgIpc) is 2.81. The zero-order valence-corrected chi connectivity index (χ0v) is 10.7. The Morgan fingerprint density at radius 2 is 2.28 bits per heavy atom. The van der Waals surface area contributed by atoms with Gasteiger partial charge in [-0.05, 0) is 37.2 Å². The predicted molar refractivity (Wildman–Crippen MR) is 71.9 cm³/mol. The number of rotatable bonds is 5. The van der Waals surface area contributed by atoms with Crippen LogP contribution >= 0.6 is 0 Å². The average molecular weight is 246 g/mol. The lowest BCUT2D eigenvalue weighted by atomic mass is 10.0. The number of aromatic nitrogens is 1. The highest BCUT2D eigenvalue weighted by Crippen LogP contribution is 2.23. The zero-order valence-electron chi connectivity index (χ0n) is 10.7. The van der Waals surface area contributed by atoms with Gasteiger partial charge in [-0.3, -0.25) is 0 Å². The van der Waals surface area contributed by atoms with Crippen molar-refractivity contribution in [2.45, 2.75) is 13.3 Å². The third-order valence-electron chi connectivity index (χ3n) is 3.01. The van der Waals surface area contributed by atoms with E-state index in [9.17, 15) is 4.79 Å². The van der Waals surface area contributed by atoms with Crippen LogP contribution in [0.1, 0.15) is 22.8 Å². The molecule has 18 heavy (non-hydrogen) atoms. The van der Waals surface area contributed by atoms with Crippen LogP contribution in [0.15, 0.2) is 24.4 Å². The number of fused-ring (bicyclic) bond motifs is 1. The minimum absolute atomic E-state index is 0.287. The van der Waals surface area contributed by atoms with Crippen LogP contribution < -0.4 is 5.32 Å². The van der Waals surface area contributed by atoms with Gasteiger partial charge in [0, 0.05) is 17.1 Å². The number of esters is 1. The standard InChI is InChI=1S/C14H18N2O2/c1-3-15-8-7-10-9-16-12-6-4-5-11(13(10)12)14(17)18-2/h4-6,9,15-16H,3,7-8H2,1-2H3. The Balaban J connectivity index is 2.39. The maximum Gasteiger partial charge on any atom is 0.338 e. The molecule has 2 rings (SSSR count). The van der Waals surface area contributed by atoms with Crippen LogP contribution in [-0.2, 0) is 11.2 Å². The second kappa shape index (κ2) is 5.69. The summed E-state index contributed by atoms with van der Waals surface area (Å²) in [5.74, 6) is -0.287. The molecule has 0 saturated carbocycles. The molecule has 0 fully saturated rings. The number of benzene rings is 1. The smallest absolute Gasteiger partial charge is 0.338 e. The number of hydrogen-bond donors (Lipinski definition) is 2. The van der Waals surface area contributed by atoms with E-state index in [-0.39, 0.29) is 5.97 Å². The number of hydrogen-bond acceptors (Lipinski definition) is 3. The van der Waals surface area contributed by atoms with Crippen molar-refractivity contribution in [1.82, 2.24) is 10.3 Å². The van der Waals surface area contributed by atoms with Crippen molar-refractivity contribution >= 4 is 16.9 Å². The molecule has 0 bridgehead atoms. The van der Waals surface area contributed by atoms with E-state index in [1.807, 2.05) is 18.3 Å². The Labute approximate surface area is 106 Å². The fourth-order valence-electron chi connectivity index (χ4n) is 2.13. The molecule has 0 radical (unpaired) electrons. The van der Waals surface area contributed by atoms with E-state index >= 15 is 0 Å². The summed E-state index contributed by atoms with van der Waals surface area (Å²) in [6.07, 6.45) is 2.86. The van der Waals surface area contributed by atoms with Gasteiger partial charge in [-0.2, -0.15) is 0 Å². The first kappa shape index (κ1) is 12.6. The van der Waals surface area contributed by atoms with E-state index in [0.717, 1.165) is 36.0 Å². The van der Waals surface area contributed by atoms with E-state index in [0.29, 0.717) is 5.56 Å². The van der Waals surface area contributed by atoms with Crippen LogP contribution in [0.3, 0.4) is 0 Å². The summed E-state index contributed by atoms with van der Waals surface area (Å²) < 4.78 is 4.83. The number of aromatic amines is 1. The van der Waals surface area contributed by atoms with E-state index < -0.39 is 0 Å². The molecular formula is C14H18N2O2. The molecule has 1 heterocycles. The number of carbonyl (C=O) groups excluding carboxylic acids is 1. The summed E-state index contributed by atoms with van der Waals surface area (Å²) in [6.45, 7) is 3.93. The van der Waals surface area contributed by atoms with Crippen molar-refractivity contribution in [3.8, 4) is 0 Å². The molecule has 1 aromatic carbocycles. The molecule has 0 unspecified atom stereocenters. The van der Waals surface area contributed by atoms with E-state index in [1.54, 1.807) is 6.07 Å². The molecule has 2 aromatic rings. The fraction of sp³-hybridized carbons (Fsp3) is 0.357. The summed E-state index contributed by atoms with van der Waals surface area (Å²) in [4.78, 5) is 15.0. The molecule has 96 valence electrons. The SMILES string of the molecule is CCNCCc1c[nH]c2cccc(C(=O)OC)c12. The molecule has 0 aliphatic carbocycles. The molecule has 0 atom stereocenters. The number of nitrogens with one attached hydrogen (secondary N) is 2. The van der Waals surface area contributed by atoms with Gasteiger partial charge in [0.05, 0.1) is 12.7 Å². The molecule has 0 amide bonds. The molecule has 0 saturated heterocycles. The van der Waals surface area contributed by atoms with Gasteiger partial charge in [0.2, 0.25) is 0 Å². The van der Waals surface area contributed by atoms with Crippen molar-refractivity contribution < 1.29 is 9.53 Å². The first-order valence-electron chi connectivity index (χ1n) is 6.16. The molecular weight excluding hydrogens is 228 g/mol. The molecule has 2 N–H and O–H groups in total. The van der Waals surface area contributed by atoms with Crippen molar-refractivity contribution in [2.24, 2.45) is 0 Å². The van der Waals surface area contributed by atoms with Crippen molar-refractivity contribution in [3.05, 3.63) is 35.5 Å². The van der Waals surface area contributed by atoms with E-state index in [4.69, 9.17) is 4.74 Å². The number of methoxy groups -OCH3 is 1. The Kier molecular flexibility index (Phi) is 3.99. The molecule has 1 aromatic heterocycles. The van der Waals surface area contributed by atoms with Crippen LogP contribution in [0.2, 0.25) is 0 Å². The van der Waals surface area contributed by atoms with Crippen LogP contribution in [0.4, 0.5) is 0 Å². The summed E-state index contributed by atoms with van der Waals surface area (Å²) in [5.41, 5.74) is 2.75. The van der Waals surface area contributed by atoms with Crippen molar-refractivity contribution in [2.75, 3.05) is 20.2 Å². The monoisotopic (exact) mass is 246 g/mol. The quantitative estimate of drug-likeness (QED) is 0.627. The van der Waals surface area contributed by atoms with Gasteiger partial charge < -0.3 is 15.0 Å². The topological polar surface area (TPSA) is 54.1 Å². The first-order chi connectivity index (χ1) is 8.77. The van der Waals surface area contributed by atoms with E-state index in [2.05, 4.69) is 17.2 Å². The minimum Gasteiger partial charge on any atom is -0.465 e. The van der Waals surface area contributed by atoms with Crippen LogP contribution in [0.5, 0.6) is 0 Å². The number of ether oxygens (including phenoxy) is 1. The van der Waals surface area contributed by atoms with Gasteiger partial charge in [-0.25, -0.2) is 4.79 Å². The lowest BCUT2D eigenvalue weighted by Crippen LogP contribution is -2.16. The van der Waals surface area contributed by atoms with Crippen LogP contribution in [-0.4, -0.2) is 31.2 Å². The molecule has 4 nitrogen and oxygen atoms in total. The summed E-state index contributed by atoms with van der Waals surface area (Å²) in [7, 11) is 1.41. The summed E-state index contributed by atoms with van der Waals surface area (Å²) in [5, 5.41) is 4.26. The Bertz CT molecular complexity index is 546. The van der Waals surface area contributed by atoms with Crippen molar-refractivity contribution in [1.29, 1.82) is 0 Å². The first-order valence-corrected chi connectivity index (χ1v) is 6.16.